The first-order valence-electron chi connectivity index (χ1n) is 4.62. The standard InChI is InChI=1S/C11H3F2NO3/c12-8-4-1-2-14-3-5(4)9(13)7-6(8)10(15)17-11(7)16/h1-3H. The molecule has 0 fully saturated rings. The highest BCUT2D eigenvalue weighted by atomic mass is 19.1. The predicted octanol–water partition coefficient (Wildman–Crippen LogP) is 1.82. The Bertz CT molecular complexity index is 638. The first-order chi connectivity index (χ1) is 8.11. The molecular weight excluding hydrogens is 232 g/mol. The molecule has 1 aromatic heterocycles. The zero-order valence-electron chi connectivity index (χ0n) is 8.16. The predicted molar refractivity (Wildman–Crippen MR) is 51.4 cm³/mol. The van der Waals surface area contributed by atoms with Gasteiger partial charge in [0.2, 0.25) is 0 Å². The molecule has 0 saturated carbocycles. The number of ether oxygens (including phenoxy) is 1. The van der Waals surface area contributed by atoms with Gasteiger partial charge in [0, 0.05) is 23.2 Å². The monoisotopic (exact) mass is 235 g/mol. The van der Waals surface area contributed by atoms with Crippen molar-refractivity contribution in [3.63, 3.8) is 0 Å². The number of pyridine rings is 1. The topological polar surface area (TPSA) is 56.3 Å². The number of carbonyl (C=O) groups is 2. The molecule has 17 heavy (non-hydrogen) atoms. The number of nitrogens with zero attached hydrogens (tertiary/aromatic N) is 1. The van der Waals surface area contributed by atoms with Crippen molar-refractivity contribution in [1.29, 1.82) is 0 Å². The number of carbonyl (C=O) groups excluding carboxylic acids is 2. The first-order valence-corrected chi connectivity index (χ1v) is 4.62. The molecule has 0 atom stereocenters. The summed E-state index contributed by atoms with van der Waals surface area (Å²) in [6.07, 6.45) is 2.35. The first kappa shape index (κ1) is 9.83. The smallest absolute Gasteiger partial charge is 0.350 e. The zero-order chi connectivity index (χ0) is 12.2. The van der Waals surface area contributed by atoms with E-state index >= 15 is 0 Å². The molecule has 6 heteroatoms. The summed E-state index contributed by atoms with van der Waals surface area (Å²) in [7, 11) is 0. The molecule has 1 aliphatic heterocycles. The average molecular weight is 235 g/mol. The van der Waals surface area contributed by atoms with Crippen molar-refractivity contribution < 1.29 is 23.1 Å². The molecule has 1 aromatic carbocycles. The molecule has 3 rings (SSSR count). The number of halogens is 2. The summed E-state index contributed by atoms with van der Waals surface area (Å²) < 4.78 is 32.0. The van der Waals surface area contributed by atoms with Gasteiger partial charge in [0.1, 0.15) is 22.8 Å². The van der Waals surface area contributed by atoms with Gasteiger partial charge in [-0.2, -0.15) is 0 Å². The lowest BCUT2D eigenvalue weighted by atomic mass is 10.0. The maximum Gasteiger partial charge on any atom is 0.350 e. The molecule has 1 aliphatic rings. The fourth-order valence-corrected chi connectivity index (χ4v) is 1.82. The molecule has 0 aliphatic carbocycles. The van der Waals surface area contributed by atoms with Gasteiger partial charge >= 0.3 is 11.9 Å². The van der Waals surface area contributed by atoms with E-state index < -0.39 is 34.7 Å². The van der Waals surface area contributed by atoms with E-state index in [-0.39, 0.29) is 10.8 Å². The summed E-state index contributed by atoms with van der Waals surface area (Å²) in [6, 6.07) is 1.23. The third kappa shape index (κ3) is 1.12. The van der Waals surface area contributed by atoms with Crippen molar-refractivity contribution in [2.45, 2.75) is 0 Å². The van der Waals surface area contributed by atoms with Crippen LogP contribution in [0.2, 0.25) is 0 Å². The number of hydrogen-bond donors (Lipinski definition) is 0. The van der Waals surface area contributed by atoms with Crippen LogP contribution in [0.15, 0.2) is 18.5 Å². The van der Waals surface area contributed by atoms with Gasteiger partial charge in [-0.25, -0.2) is 18.4 Å². The Morgan fingerprint density at radius 2 is 1.59 bits per heavy atom. The second kappa shape index (κ2) is 3.07. The van der Waals surface area contributed by atoms with Gasteiger partial charge in [-0.05, 0) is 6.07 Å². The fraction of sp³-hybridized carbons (Fsp3) is 0. The molecular formula is C11H3F2NO3. The molecule has 2 heterocycles. The van der Waals surface area contributed by atoms with Gasteiger partial charge < -0.3 is 4.74 Å². The number of aromatic nitrogens is 1. The summed E-state index contributed by atoms with van der Waals surface area (Å²) in [5.41, 5.74) is -1.31. The minimum atomic E-state index is -1.17. The van der Waals surface area contributed by atoms with Gasteiger partial charge in [0.25, 0.3) is 0 Å². The Hall–Kier alpha value is -2.37. The van der Waals surface area contributed by atoms with Crippen LogP contribution in [0.1, 0.15) is 20.7 Å². The van der Waals surface area contributed by atoms with E-state index in [9.17, 15) is 18.4 Å². The van der Waals surface area contributed by atoms with Crippen molar-refractivity contribution in [2.24, 2.45) is 0 Å². The third-order valence-electron chi connectivity index (χ3n) is 2.58. The van der Waals surface area contributed by atoms with Crippen LogP contribution in [-0.4, -0.2) is 16.9 Å². The minimum Gasteiger partial charge on any atom is -0.385 e. The largest absolute Gasteiger partial charge is 0.385 e. The lowest BCUT2D eigenvalue weighted by Crippen LogP contribution is -2.02. The van der Waals surface area contributed by atoms with Crippen LogP contribution < -0.4 is 0 Å². The zero-order valence-corrected chi connectivity index (χ0v) is 8.16. The molecule has 2 aromatic rings. The molecule has 0 radical (unpaired) electrons. The summed E-state index contributed by atoms with van der Waals surface area (Å²) >= 11 is 0. The number of esters is 2. The molecule has 0 spiro atoms. The lowest BCUT2D eigenvalue weighted by molar-refractivity contribution is 0.0441. The molecule has 0 bridgehead atoms. The Balaban J connectivity index is 2.57. The molecule has 0 unspecified atom stereocenters. The van der Waals surface area contributed by atoms with Gasteiger partial charge in [0.05, 0.1) is 0 Å². The Morgan fingerprint density at radius 1 is 1.00 bits per heavy atom. The Labute approximate surface area is 92.8 Å². The SMILES string of the molecule is O=C1OC(=O)c2c1c(F)c1ccncc1c2F. The molecule has 84 valence electrons. The van der Waals surface area contributed by atoms with Crippen LogP contribution in [0.4, 0.5) is 8.78 Å². The van der Waals surface area contributed by atoms with Crippen LogP contribution in [-0.2, 0) is 4.74 Å². The second-order valence-corrected chi connectivity index (χ2v) is 3.48. The maximum atomic E-state index is 13.9. The highest BCUT2D eigenvalue weighted by molar-refractivity contribution is 6.17. The van der Waals surface area contributed by atoms with Crippen LogP contribution >= 0.6 is 0 Å². The van der Waals surface area contributed by atoms with Crippen LogP contribution in [0, 0.1) is 11.6 Å². The molecule has 0 saturated heterocycles. The van der Waals surface area contributed by atoms with Crippen molar-refractivity contribution in [3.8, 4) is 0 Å². The second-order valence-electron chi connectivity index (χ2n) is 3.48. The lowest BCUT2D eigenvalue weighted by Gasteiger charge is -2.03. The summed E-state index contributed by atoms with van der Waals surface area (Å²) in [6.45, 7) is 0. The highest BCUT2D eigenvalue weighted by Crippen LogP contribution is 2.32. The van der Waals surface area contributed by atoms with Crippen LogP contribution in [0.3, 0.4) is 0 Å². The summed E-state index contributed by atoms with van der Waals surface area (Å²) in [4.78, 5) is 26.1. The number of rotatable bonds is 0. The van der Waals surface area contributed by atoms with E-state index in [0.717, 1.165) is 6.20 Å². The van der Waals surface area contributed by atoms with E-state index in [1.54, 1.807) is 0 Å². The van der Waals surface area contributed by atoms with Gasteiger partial charge in [-0.15, -0.1) is 0 Å². The van der Waals surface area contributed by atoms with E-state index in [1.165, 1.54) is 12.3 Å². The molecule has 4 nitrogen and oxygen atoms in total. The Morgan fingerprint density at radius 3 is 2.24 bits per heavy atom. The summed E-state index contributed by atoms with van der Waals surface area (Å²) in [5, 5.41) is -0.265. The van der Waals surface area contributed by atoms with Crippen molar-refractivity contribution in [2.75, 3.05) is 0 Å². The van der Waals surface area contributed by atoms with E-state index in [2.05, 4.69) is 9.72 Å². The van der Waals surface area contributed by atoms with Crippen LogP contribution in [0.5, 0.6) is 0 Å². The molecule has 0 N–H and O–H groups in total. The van der Waals surface area contributed by atoms with Gasteiger partial charge in [-0.3, -0.25) is 4.98 Å². The van der Waals surface area contributed by atoms with Gasteiger partial charge in [0.15, 0.2) is 0 Å². The number of hydrogen-bond acceptors (Lipinski definition) is 4. The van der Waals surface area contributed by atoms with Crippen LogP contribution in [0.25, 0.3) is 10.8 Å². The van der Waals surface area contributed by atoms with Crippen molar-refractivity contribution in [3.05, 3.63) is 41.2 Å². The minimum absolute atomic E-state index is 0.108. The van der Waals surface area contributed by atoms with E-state index in [0.29, 0.717) is 0 Å². The maximum absolute atomic E-state index is 13.9. The Kier molecular flexibility index (Phi) is 1.77. The normalized spacial score (nSPS) is 14.0. The average Bonchev–Trinajstić information content (AvgIpc) is 2.62. The number of benzene rings is 1. The third-order valence-corrected chi connectivity index (χ3v) is 2.58. The highest BCUT2D eigenvalue weighted by Gasteiger charge is 2.38. The van der Waals surface area contributed by atoms with Crippen molar-refractivity contribution >= 4 is 22.7 Å². The van der Waals surface area contributed by atoms with Gasteiger partial charge in [-0.1, -0.05) is 0 Å². The number of fused-ring (bicyclic) bond motifs is 2. The fourth-order valence-electron chi connectivity index (χ4n) is 1.82. The van der Waals surface area contributed by atoms with E-state index in [4.69, 9.17) is 0 Å². The van der Waals surface area contributed by atoms with E-state index in [1.807, 2.05) is 0 Å². The summed E-state index contributed by atoms with van der Waals surface area (Å²) in [5.74, 6) is -4.29. The quantitative estimate of drug-likeness (QED) is 0.516. The number of cyclic esters (lactones) is 2. The van der Waals surface area contributed by atoms with Crippen molar-refractivity contribution in [1.82, 2.24) is 4.98 Å². The molecule has 0 amide bonds.